The van der Waals surface area contributed by atoms with Gasteiger partial charge in [0, 0.05) is 30.2 Å². The molecule has 6 rings (SSSR count). The second-order valence-corrected chi connectivity index (χ2v) is 13.1. The minimum Gasteiger partial charge on any atom is -0.327 e. The molecule has 0 aromatic heterocycles. The number of fused-ring (bicyclic) bond motifs is 1. The van der Waals surface area contributed by atoms with Gasteiger partial charge in [-0.25, -0.2) is 8.42 Å². The molecule has 1 unspecified atom stereocenters. The maximum Gasteiger partial charge on any atom is 0.254 e. The molecule has 0 spiro atoms. The minimum atomic E-state index is -3.82. The summed E-state index contributed by atoms with van der Waals surface area (Å²) in [5.74, 6) is -0.0511. The van der Waals surface area contributed by atoms with Gasteiger partial charge < -0.3 is 4.90 Å². The van der Waals surface area contributed by atoms with E-state index in [-0.39, 0.29) is 29.9 Å². The fourth-order valence-electron chi connectivity index (χ4n) is 5.60. The highest BCUT2D eigenvalue weighted by Crippen LogP contribution is 2.34. The Morgan fingerprint density at radius 1 is 0.698 bits per heavy atom. The number of amides is 1. The summed E-state index contributed by atoms with van der Waals surface area (Å²) in [6.07, 6.45) is 0.751. The normalized spacial score (nSPS) is 14.8. The third-order valence-electron chi connectivity index (χ3n) is 7.91. The number of hydrogen-bond acceptors (Lipinski definition) is 3. The topological polar surface area (TPSA) is 57.7 Å². The summed E-state index contributed by atoms with van der Waals surface area (Å²) in [6, 6.07) is 41.4. The van der Waals surface area contributed by atoms with Crippen LogP contribution in [-0.4, -0.2) is 23.5 Å². The zero-order valence-corrected chi connectivity index (χ0v) is 25.1. The molecule has 0 fully saturated rings. The number of carbonyl (C=O) groups excluding carboxylic acids is 1. The monoisotopic (exact) mass is 606 g/mol. The van der Waals surface area contributed by atoms with Crippen LogP contribution in [0.1, 0.15) is 44.2 Å². The van der Waals surface area contributed by atoms with Crippen LogP contribution in [0, 0.1) is 0 Å². The number of hydrogen-bond donors (Lipinski definition) is 0. The maximum atomic E-state index is 13.9. The smallest absolute Gasteiger partial charge is 0.254 e. The third-order valence-corrected chi connectivity index (χ3v) is 9.96. The molecule has 1 heterocycles. The largest absolute Gasteiger partial charge is 0.327 e. The van der Waals surface area contributed by atoms with Crippen LogP contribution in [0.4, 0.5) is 0 Å². The molecule has 0 bridgehead atoms. The fourth-order valence-corrected chi connectivity index (χ4v) is 7.14. The number of rotatable bonds is 8. The lowest BCUT2D eigenvalue weighted by molar-refractivity contribution is 0.0638. The van der Waals surface area contributed by atoms with Gasteiger partial charge >= 0.3 is 0 Å². The Morgan fingerprint density at radius 2 is 1.26 bits per heavy atom. The molecule has 0 saturated heterocycles. The van der Waals surface area contributed by atoms with Gasteiger partial charge in [-0.3, -0.25) is 4.79 Å². The predicted octanol–water partition coefficient (Wildman–Crippen LogP) is 7.67. The van der Waals surface area contributed by atoms with Gasteiger partial charge in [-0.05, 0) is 70.6 Å². The predicted molar refractivity (Wildman–Crippen MR) is 170 cm³/mol. The Kier molecular flexibility index (Phi) is 8.43. The quantitative estimate of drug-likeness (QED) is 0.182. The van der Waals surface area contributed by atoms with Gasteiger partial charge in [0.15, 0.2) is 0 Å². The standard InChI is InChI=1S/C36H31ClN2O3S/c37-33-19-21-34(22-20-33)43(41,42)38(24-27-9-3-1-4-10-27)25-28-15-17-30(18-16-28)36(40)39-26-32-14-8-7-13-31(32)23-35(39)29-11-5-2-6-12-29/h1-22,35H,23-26H2. The summed E-state index contributed by atoms with van der Waals surface area (Å²) in [5, 5.41) is 0.473. The Morgan fingerprint density at radius 3 is 1.91 bits per heavy atom. The van der Waals surface area contributed by atoms with E-state index in [1.165, 1.54) is 22.0 Å². The van der Waals surface area contributed by atoms with Crippen molar-refractivity contribution in [2.45, 2.75) is 37.0 Å². The zero-order chi connectivity index (χ0) is 29.8. The SMILES string of the molecule is O=C(c1ccc(CN(Cc2ccccc2)S(=O)(=O)c2ccc(Cl)cc2)cc1)N1Cc2ccccc2CC1c1ccccc1. The van der Waals surface area contributed by atoms with E-state index in [1.807, 2.05) is 77.7 Å². The first-order valence-electron chi connectivity index (χ1n) is 14.2. The second kappa shape index (κ2) is 12.6. The van der Waals surface area contributed by atoms with E-state index in [0.717, 1.165) is 28.7 Å². The minimum absolute atomic E-state index is 0.0511. The fraction of sp³-hybridized carbons (Fsp3) is 0.139. The van der Waals surface area contributed by atoms with E-state index in [2.05, 4.69) is 24.3 Å². The van der Waals surface area contributed by atoms with Gasteiger partial charge in [-0.2, -0.15) is 4.31 Å². The van der Waals surface area contributed by atoms with Crippen molar-refractivity contribution in [2.24, 2.45) is 0 Å². The first-order valence-corrected chi connectivity index (χ1v) is 16.0. The third kappa shape index (κ3) is 6.42. The van der Waals surface area contributed by atoms with Gasteiger partial charge in [-0.15, -0.1) is 0 Å². The molecule has 43 heavy (non-hydrogen) atoms. The number of carbonyl (C=O) groups is 1. The number of sulfonamides is 1. The summed E-state index contributed by atoms with van der Waals surface area (Å²) in [5.41, 5.74) is 5.75. The van der Waals surface area contributed by atoms with Crippen molar-refractivity contribution >= 4 is 27.5 Å². The van der Waals surface area contributed by atoms with Crippen LogP contribution in [-0.2, 0) is 36.1 Å². The van der Waals surface area contributed by atoms with Crippen molar-refractivity contribution in [1.29, 1.82) is 0 Å². The Labute approximate surface area is 258 Å². The molecule has 1 aliphatic rings. The number of nitrogens with zero attached hydrogens (tertiary/aromatic N) is 2. The number of halogens is 1. The molecule has 5 nitrogen and oxygen atoms in total. The molecular weight excluding hydrogens is 576 g/mol. The van der Waals surface area contributed by atoms with Crippen molar-refractivity contribution < 1.29 is 13.2 Å². The van der Waals surface area contributed by atoms with Crippen molar-refractivity contribution in [2.75, 3.05) is 0 Å². The molecule has 1 amide bonds. The van der Waals surface area contributed by atoms with E-state index >= 15 is 0 Å². The van der Waals surface area contributed by atoms with Crippen LogP contribution in [0.25, 0.3) is 0 Å². The highest BCUT2D eigenvalue weighted by Gasteiger charge is 2.31. The zero-order valence-electron chi connectivity index (χ0n) is 23.5. The highest BCUT2D eigenvalue weighted by molar-refractivity contribution is 7.89. The highest BCUT2D eigenvalue weighted by atomic mass is 35.5. The van der Waals surface area contributed by atoms with E-state index in [0.29, 0.717) is 17.1 Å². The summed E-state index contributed by atoms with van der Waals surface area (Å²) in [7, 11) is -3.82. The average Bonchev–Trinajstić information content (AvgIpc) is 3.05. The van der Waals surface area contributed by atoms with Gasteiger partial charge in [0.2, 0.25) is 10.0 Å². The summed E-state index contributed by atoms with van der Waals surface area (Å²) < 4.78 is 28.9. The molecule has 1 atom stereocenters. The van der Waals surface area contributed by atoms with Crippen LogP contribution in [0.2, 0.25) is 5.02 Å². The van der Waals surface area contributed by atoms with Crippen molar-refractivity contribution in [3.63, 3.8) is 0 Å². The first-order chi connectivity index (χ1) is 20.9. The van der Waals surface area contributed by atoms with Crippen LogP contribution in [0.15, 0.2) is 138 Å². The van der Waals surface area contributed by atoms with Crippen molar-refractivity contribution in [1.82, 2.24) is 9.21 Å². The van der Waals surface area contributed by atoms with Crippen LogP contribution >= 0.6 is 11.6 Å². The van der Waals surface area contributed by atoms with Crippen LogP contribution < -0.4 is 0 Å². The van der Waals surface area contributed by atoms with Gasteiger partial charge in [0.05, 0.1) is 10.9 Å². The molecule has 0 radical (unpaired) electrons. The molecule has 0 aliphatic carbocycles. The Balaban J connectivity index is 1.27. The lowest BCUT2D eigenvalue weighted by atomic mass is 9.89. The van der Waals surface area contributed by atoms with Crippen molar-refractivity contribution in [3.8, 4) is 0 Å². The lowest BCUT2D eigenvalue weighted by Gasteiger charge is -2.37. The van der Waals surface area contributed by atoms with Crippen LogP contribution in [0.5, 0.6) is 0 Å². The van der Waals surface area contributed by atoms with E-state index < -0.39 is 10.0 Å². The maximum absolute atomic E-state index is 13.9. The molecule has 0 N–H and O–H groups in total. The van der Waals surface area contributed by atoms with Crippen molar-refractivity contribution in [3.05, 3.63) is 172 Å². The molecule has 5 aromatic rings. The summed E-state index contributed by atoms with van der Waals surface area (Å²) >= 11 is 6.03. The second-order valence-electron chi connectivity index (χ2n) is 10.7. The van der Waals surface area contributed by atoms with Gasteiger partial charge in [0.1, 0.15) is 0 Å². The molecule has 7 heteroatoms. The molecule has 1 aliphatic heterocycles. The average molecular weight is 607 g/mol. The Bertz CT molecular complexity index is 1810. The number of benzene rings is 5. The molecule has 5 aromatic carbocycles. The van der Waals surface area contributed by atoms with Gasteiger partial charge in [0.25, 0.3) is 5.91 Å². The molecular formula is C36H31ClN2O3S. The summed E-state index contributed by atoms with van der Waals surface area (Å²) in [4.78, 5) is 16.1. The lowest BCUT2D eigenvalue weighted by Crippen LogP contribution is -2.39. The first kappa shape index (κ1) is 28.9. The van der Waals surface area contributed by atoms with Gasteiger partial charge in [-0.1, -0.05) is 109 Å². The van der Waals surface area contributed by atoms with Crippen LogP contribution in [0.3, 0.4) is 0 Å². The van der Waals surface area contributed by atoms with E-state index in [1.54, 1.807) is 24.3 Å². The Hall–Kier alpha value is -4.23. The summed E-state index contributed by atoms with van der Waals surface area (Å²) in [6.45, 7) is 0.886. The van der Waals surface area contributed by atoms with E-state index in [4.69, 9.17) is 11.6 Å². The molecule has 216 valence electrons. The van der Waals surface area contributed by atoms with E-state index in [9.17, 15) is 13.2 Å². The molecule has 0 saturated carbocycles.